The number of hydrogen-bond acceptors (Lipinski definition) is 6. The van der Waals surface area contributed by atoms with E-state index < -0.39 is 5.91 Å². The molecule has 0 saturated heterocycles. The van der Waals surface area contributed by atoms with E-state index in [1.165, 1.54) is 17.6 Å². The molecule has 4 rings (SSSR count). The minimum atomic E-state index is -0.471. The van der Waals surface area contributed by atoms with Crippen molar-refractivity contribution in [2.45, 2.75) is 46.8 Å². The summed E-state index contributed by atoms with van der Waals surface area (Å²) in [5.41, 5.74) is 6.59. The molecular weight excluding hydrogens is 482 g/mol. The summed E-state index contributed by atoms with van der Waals surface area (Å²) in [6.07, 6.45) is 2.36. The molecule has 0 spiro atoms. The van der Waals surface area contributed by atoms with Crippen LogP contribution in [-0.2, 0) is 6.61 Å². The topological polar surface area (TPSA) is 87.2 Å². The molecule has 1 atom stereocenters. The molecule has 2 aromatic heterocycles. The molecule has 8 heteroatoms. The highest BCUT2D eigenvalue weighted by molar-refractivity contribution is 5.93. The zero-order valence-corrected chi connectivity index (χ0v) is 22.4. The van der Waals surface area contributed by atoms with Crippen LogP contribution in [0.5, 0.6) is 17.2 Å². The number of nitrogens with one attached hydrogen (secondary N) is 1. The zero-order chi connectivity index (χ0) is 27.1. The minimum absolute atomic E-state index is 0.00233. The first-order valence-corrected chi connectivity index (χ1v) is 12.5. The Morgan fingerprint density at radius 2 is 1.79 bits per heavy atom. The third-order valence-electron chi connectivity index (χ3n) is 6.13. The van der Waals surface area contributed by atoms with Gasteiger partial charge in [0.15, 0.2) is 17.3 Å². The second-order valence-corrected chi connectivity index (χ2v) is 8.91. The summed E-state index contributed by atoms with van der Waals surface area (Å²) < 4.78 is 25.1. The molecule has 0 radical (unpaired) electrons. The number of aromatic nitrogens is 1. The molecule has 2 heterocycles. The second-order valence-electron chi connectivity index (χ2n) is 8.91. The van der Waals surface area contributed by atoms with Crippen molar-refractivity contribution in [2.75, 3.05) is 7.11 Å². The van der Waals surface area contributed by atoms with Gasteiger partial charge >= 0.3 is 5.91 Å². The number of nitrogens with zero attached hydrogens (tertiary/aromatic N) is 2. The van der Waals surface area contributed by atoms with Crippen molar-refractivity contribution in [2.24, 2.45) is 5.10 Å². The van der Waals surface area contributed by atoms with Crippen LogP contribution < -0.4 is 19.6 Å². The number of hydrogen-bond donors (Lipinski definition) is 1. The second kappa shape index (κ2) is 12.2. The number of ether oxygens (including phenoxy) is 3. The van der Waals surface area contributed by atoms with Crippen molar-refractivity contribution in [1.29, 1.82) is 0 Å². The minimum Gasteiger partial charge on any atom is -0.493 e. The van der Waals surface area contributed by atoms with Gasteiger partial charge < -0.3 is 23.2 Å². The number of amides is 1. The quantitative estimate of drug-likeness (QED) is 0.189. The van der Waals surface area contributed by atoms with Gasteiger partial charge in [-0.1, -0.05) is 13.0 Å². The molecule has 0 aliphatic heterocycles. The third kappa shape index (κ3) is 6.26. The highest BCUT2D eigenvalue weighted by atomic mass is 16.5. The van der Waals surface area contributed by atoms with Gasteiger partial charge in [-0.2, -0.15) is 5.10 Å². The molecule has 38 heavy (non-hydrogen) atoms. The fraction of sp³-hybridized carbons (Fsp3) is 0.267. The number of benzene rings is 2. The van der Waals surface area contributed by atoms with Crippen LogP contribution >= 0.6 is 0 Å². The van der Waals surface area contributed by atoms with Crippen molar-refractivity contribution < 1.29 is 23.4 Å². The van der Waals surface area contributed by atoms with E-state index in [2.05, 4.69) is 41.1 Å². The van der Waals surface area contributed by atoms with Crippen LogP contribution in [0.15, 0.2) is 76.2 Å². The van der Waals surface area contributed by atoms with Gasteiger partial charge in [-0.15, -0.1) is 0 Å². The molecular formula is C30H33N3O5. The van der Waals surface area contributed by atoms with E-state index in [9.17, 15) is 4.79 Å². The molecule has 0 fully saturated rings. The highest BCUT2D eigenvalue weighted by Crippen LogP contribution is 2.31. The van der Waals surface area contributed by atoms with E-state index in [4.69, 9.17) is 18.6 Å². The Balaban J connectivity index is 1.34. The van der Waals surface area contributed by atoms with E-state index in [-0.39, 0.29) is 18.5 Å². The summed E-state index contributed by atoms with van der Waals surface area (Å²) in [6.45, 7) is 8.36. The number of furan rings is 1. The van der Waals surface area contributed by atoms with Gasteiger partial charge in [0.2, 0.25) is 0 Å². The van der Waals surface area contributed by atoms with Crippen molar-refractivity contribution in [1.82, 2.24) is 9.99 Å². The Bertz CT molecular complexity index is 1380. The number of methoxy groups -OCH3 is 1. The van der Waals surface area contributed by atoms with Gasteiger partial charge in [-0.3, -0.25) is 4.79 Å². The number of carbonyl (C=O) groups is 1. The van der Waals surface area contributed by atoms with Gasteiger partial charge in [0.1, 0.15) is 18.1 Å². The molecule has 0 aliphatic rings. The smallest absolute Gasteiger partial charge is 0.307 e. The Labute approximate surface area is 222 Å². The Hall–Kier alpha value is -4.46. The van der Waals surface area contributed by atoms with Crippen LogP contribution in [0.3, 0.4) is 0 Å². The van der Waals surface area contributed by atoms with Crippen molar-refractivity contribution in [3.63, 3.8) is 0 Å². The van der Waals surface area contributed by atoms with Gasteiger partial charge in [0, 0.05) is 22.6 Å². The normalized spacial score (nSPS) is 11.9. The lowest BCUT2D eigenvalue weighted by atomic mass is 10.2. The van der Waals surface area contributed by atoms with E-state index in [1.807, 2.05) is 56.3 Å². The Kier molecular flexibility index (Phi) is 8.53. The highest BCUT2D eigenvalue weighted by Gasteiger charge is 2.14. The third-order valence-corrected chi connectivity index (χ3v) is 6.13. The van der Waals surface area contributed by atoms with Crippen LogP contribution in [0.1, 0.15) is 53.5 Å². The summed E-state index contributed by atoms with van der Waals surface area (Å²) in [5.74, 6) is 2.07. The first-order valence-electron chi connectivity index (χ1n) is 12.5. The maximum atomic E-state index is 12.5. The SMILES string of the molecule is CC[C@H](C)Oc1c(C=NNC(=O)c2ccc(COc3ccc(-n4c(C)ccc4C)cc3)o2)cccc1OC. The van der Waals surface area contributed by atoms with Crippen LogP contribution in [0, 0.1) is 13.8 Å². The Morgan fingerprint density at radius 3 is 2.47 bits per heavy atom. The van der Waals surface area contributed by atoms with Gasteiger partial charge in [-0.25, -0.2) is 5.43 Å². The lowest BCUT2D eigenvalue weighted by molar-refractivity contribution is 0.0923. The summed E-state index contributed by atoms with van der Waals surface area (Å²) >= 11 is 0. The zero-order valence-electron chi connectivity index (χ0n) is 22.4. The predicted molar refractivity (Wildman–Crippen MR) is 147 cm³/mol. The van der Waals surface area contributed by atoms with E-state index in [0.717, 1.165) is 12.1 Å². The lowest BCUT2D eigenvalue weighted by Gasteiger charge is -2.17. The molecule has 0 unspecified atom stereocenters. The Morgan fingerprint density at radius 1 is 1.05 bits per heavy atom. The van der Waals surface area contributed by atoms with Crippen molar-refractivity contribution in [3.05, 3.63) is 95.2 Å². The molecule has 198 valence electrons. The molecule has 0 aliphatic carbocycles. The number of rotatable bonds is 11. The van der Waals surface area contributed by atoms with E-state index >= 15 is 0 Å². The maximum Gasteiger partial charge on any atom is 0.307 e. The first-order chi connectivity index (χ1) is 18.4. The first kappa shape index (κ1) is 26.6. The van der Waals surface area contributed by atoms with Crippen LogP contribution in [-0.4, -0.2) is 29.9 Å². The summed E-state index contributed by atoms with van der Waals surface area (Å²) in [5, 5.41) is 4.08. The molecule has 4 aromatic rings. The molecule has 0 bridgehead atoms. The standard InChI is InChI=1S/C30H33N3O5/c1-6-22(4)37-29-23(8-7-9-27(29)35-5)18-31-32-30(34)28-17-16-26(38-28)19-36-25-14-12-24(13-15-25)33-20(2)10-11-21(33)3/h7-18,22H,6,19H2,1-5H3,(H,32,34)/t22-/m0/s1. The number of aryl methyl sites for hydroxylation is 2. The summed E-state index contributed by atoms with van der Waals surface area (Å²) in [7, 11) is 1.58. The monoisotopic (exact) mass is 515 g/mol. The van der Waals surface area contributed by atoms with Crippen LogP contribution in [0.25, 0.3) is 5.69 Å². The number of hydrazone groups is 1. The average molecular weight is 516 g/mol. The van der Waals surface area contributed by atoms with Gasteiger partial charge in [0.05, 0.1) is 19.4 Å². The molecule has 1 amide bonds. The lowest BCUT2D eigenvalue weighted by Crippen LogP contribution is -2.17. The summed E-state index contributed by atoms with van der Waals surface area (Å²) in [4.78, 5) is 12.5. The van der Waals surface area contributed by atoms with Crippen LogP contribution in [0.2, 0.25) is 0 Å². The van der Waals surface area contributed by atoms with E-state index in [1.54, 1.807) is 19.2 Å². The molecule has 2 aromatic carbocycles. The summed E-state index contributed by atoms with van der Waals surface area (Å²) in [6, 6.07) is 20.8. The van der Waals surface area contributed by atoms with Crippen molar-refractivity contribution in [3.8, 4) is 22.9 Å². The van der Waals surface area contributed by atoms with Gasteiger partial charge in [-0.05, 0) is 87.9 Å². The van der Waals surface area contributed by atoms with Crippen molar-refractivity contribution >= 4 is 12.1 Å². The predicted octanol–water partition coefficient (Wildman–Crippen LogP) is 6.22. The fourth-order valence-corrected chi connectivity index (χ4v) is 3.92. The maximum absolute atomic E-state index is 12.5. The van der Waals surface area contributed by atoms with Gasteiger partial charge in [0.25, 0.3) is 0 Å². The fourth-order valence-electron chi connectivity index (χ4n) is 3.92. The molecule has 0 saturated carbocycles. The van der Waals surface area contributed by atoms with E-state index in [0.29, 0.717) is 28.6 Å². The number of para-hydroxylation sites is 1. The molecule has 8 nitrogen and oxygen atoms in total. The average Bonchev–Trinajstić information content (AvgIpc) is 3.54. The number of carbonyl (C=O) groups excluding carboxylic acids is 1. The molecule has 1 N–H and O–H groups in total. The largest absolute Gasteiger partial charge is 0.493 e. The van der Waals surface area contributed by atoms with Crippen LogP contribution in [0.4, 0.5) is 0 Å².